The monoisotopic (exact) mass is 259 g/mol. The van der Waals surface area contributed by atoms with Gasteiger partial charge in [0.05, 0.1) is 5.69 Å². The highest BCUT2D eigenvalue weighted by molar-refractivity contribution is 6.31. The molecule has 0 unspecified atom stereocenters. The first-order valence-electron chi connectivity index (χ1n) is 5.67. The topological polar surface area (TPSA) is 32.6 Å². The van der Waals surface area contributed by atoms with Gasteiger partial charge in [-0.3, -0.25) is 4.99 Å². The maximum atomic E-state index is 9.88. The number of phenols is 1. The van der Waals surface area contributed by atoms with Crippen LogP contribution in [0.2, 0.25) is 5.02 Å². The molecule has 1 N–H and O–H groups in total. The molecule has 0 aliphatic rings. The Labute approximate surface area is 112 Å². The first kappa shape index (κ1) is 12.7. The Morgan fingerprint density at radius 2 is 1.83 bits per heavy atom. The summed E-state index contributed by atoms with van der Waals surface area (Å²) in [4.78, 5) is 4.37. The summed E-state index contributed by atoms with van der Waals surface area (Å²) in [6, 6.07) is 11.2. The molecule has 0 spiro atoms. The Bertz CT molecular complexity index is 552. The van der Waals surface area contributed by atoms with Gasteiger partial charge in [-0.25, -0.2) is 0 Å². The van der Waals surface area contributed by atoms with E-state index in [0.717, 1.165) is 16.8 Å². The standard InChI is InChI=1S/C15H14ClNO/c1-10-5-3-6-12(15(10)18)9-17-14-8-4-7-13(16)11(14)2/h3-9,18H,1-2H3. The third-order valence-corrected chi connectivity index (χ3v) is 3.26. The number of phenolic OH excluding ortho intramolecular Hbond substituents is 1. The largest absolute Gasteiger partial charge is 0.507 e. The fourth-order valence-corrected chi connectivity index (χ4v) is 1.83. The fraction of sp³-hybridized carbons (Fsp3) is 0.133. The Hall–Kier alpha value is -1.80. The molecule has 0 fully saturated rings. The third-order valence-electron chi connectivity index (χ3n) is 2.85. The number of rotatable bonds is 2. The van der Waals surface area contributed by atoms with Crippen LogP contribution < -0.4 is 0 Å². The second-order valence-electron chi connectivity index (χ2n) is 4.15. The van der Waals surface area contributed by atoms with Crippen LogP contribution in [0.3, 0.4) is 0 Å². The number of hydrogen-bond acceptors (Lipinski definition) is 2. The number of benzene rings is 2. The zero-order valence-corrected chi connectivity index (χ0v) is 11.1. The molecule has 2 nitrogen and oxygen atoms in total. The minimum Gasteiger partial charge on any atom is -0.507 e. The SMILES string of the molecule is Cc1cccc(C=Nc2cccc(Cl)c2C)c1O. The van der Waals surface area contributed by atoms with Gasteiger partial charge in [0.2, 0.25) is 0 Å². The predicted molar refractivity (Wildman–Crippen MR) is 76.3 cm³/mol. The van der Waals surface area contributed by atoms with Crippen molar-refractivity contribution in [3.05, 3.63) is 58.1 Å². The summed E-state index contributed by atoms with van der Waals surface area (Å²) in [6.07, 6.45) is 1.65. The van der Waals surface area contributed by atoms with Gasteiger partial charge < -0.3 is 5.11 Å². The smallest absolute Gasteiger partial charge is 0.127 e. The molecular formula is C15H14ClNO. The molecule has 0 aliphatic carbocycles. The molecule has 0 bridgehead atoms. The van der Waals surface area contributed by atoms with E-state index in [0.29, 0.717) is 10.6 Å². The summed E-state index contributed by atoms with van der Waals surface area (Å²) in [6.45, 7) is 3.78. The Morgan fingerprint density at radius 3 is 2.61 bits per heavy atom. The number of halogens is 1. The number of nitrogens with zero attached hydrogens (tertiary/aromatic N) is 1. The van der Waals surface area contributed by atoms with Crippen molar-refractivity contribution in [2.45, 2.75) is 13.8 Å². The number of aryl methyl sites for hydroxylation is 1. The lowest BCUT2D eigenvalue weighted by atomic mass is 10.1. The molecule has 0 aromatic heterocycles. The minimum absolute atomic E-state index is 0.265. The average Bonchev–Trinajstić information content (AvgIpc) is 2.36. The van der Waals surface area contributed by atoms with Crippen LogP contribution in [0.5, 0.6) is 5.75 Å². The van der Waals surface area contributed by atoms with E-state index in [1.165, 1.54) is 0 Å². The molecular weight excluding hydrogens is 246 g/mol. The van der Waals surface area contributed by atoms with Crippen LogP contribution in [0.4, 0.5) is 5.69 Å². The molecule has 0 atom stereocenters. The Kier molecular flexibility index (Phi) is 3.68. The summed E-state index contributed by atoms with van der Waals surface area (Å²) in [5.41, 5.74) is 3.28. The van der Waals surface area contributed by atoms with Crippen LogP contribution in [0.25, 0.3) is 0 Å². The molecule has 92 valence electrons. The zero-order chi connectivity index (χ0) is 13.1. The number of aromatic hydroxyl groups is 1. The van der Waals surface area contributed by atoms with Gasteiger partial charge in [0.15, 0.2) is 0 Å². The van der Waals surface area contributed by atoms with Gasteiger partial charge in [-0.05, 0) is 43.2 Å². The predicted octanol–water partition coefficient (Wildman–Crippen LogP) is 4.41. The number of para-hydroxylation sites is 1. The normalized spacial score (nSPS) is 11.1. The molecule has 0 saturated carbocycles. The van der Waals surface area contributed by atoms with Crippen molar-refractivity contribution in [2.75, 3.05) is 0 Å². The van der Waals surface area contributed by atoms with E-state index in [2.05, 4.69) is 4.99 Å². The van der Waals surface area contributed by atoms with Gasteiger partial charge in [-0.1, -0.05) is 29.8 Å². The lowest BCUT2D eigenvalue weighted by Crippen LogP contribution is -1.85. The minimum atomic E-state index is 0.265. The maximum Gasteiger partial charge on any atom is 0.127 e. The van der Waals surface area contributed by atoms with E-state index in [4.69, 9.17) is 11.6 Å². The Balaban J connectivity index is 2.36. The molecule has 18 heavy (non-hydrogen) atoms. The van der Waals surface area contributed by atoms with Crippen molar-refractivity contribution in [3.63, 3.8) is 0 Å². The van der Waals surface area contributed by atoms with Crippen molar-refractivity contribution in [1.29, 1.82) is 0 Å². The zero-order valence-electron chi connectivity index (χ0n) is 10.3. The second kappa shape index (κ2) is 5.23. The van der Waals surface area contributed by atoms with Gasteiger partial charge in [0.25, 0.3) is 0 Å². The van der Waals surface area contributed by atoms with Crippen LogP contribution in [0.1, 0.15) is 16.7 Å². The molecule has 0 amide bonds. The van der Waals surface area contributed by atoms with Gasteiger partial charge in [0, 0.05) is 16.8 Å². The molecule has 3 heteroatoms. The molecule has 2 aromatic rings. The summed E-state index contributed by atoms with van der Waals surface area (Å²) >= 11 is 6.03. The molecule has 0 heterocycles. The fourth-order valence-electron chi connectivity index (χ4n) is 1.66. The van der Waals surface area contributed by atoms with Gasteiger partial charge in [-0.15, -0.1) is 0 Å². The molecule has 2 rings (SSSR count). The summed E-state index contributed by atoms with van der Waals surface area (Å²) in [7, 11) is 0. The van der Waals surface area contributed by atoms with E-state index in [1.54, 1.807) is 6.21 Å². The van der Waals surface area contributed by atoms with Crippen molar-refractivity contribution in [1.82, 2.24) is 0 Å². The maximum absolute atomic E-state index is 9.88. The number of aliphatic imine (C=N–C) groups is 1. The van der Waals surface area contributed by atoms with Crippen LogP contribution in [0.15, 0.2) is 41.4 Å². The highest BCUT2D eigenvalue weighted by atomic mass is 35.5. The first-order chi connectivity index (χ1) is 8.59. The van der Waals surface area contributed by atoms with Crippen LogP contribution in [-0.2, 0) is 0 Å². The van der Waals surface area contributed by atoms with E-state index in [9.17, 15) is 5.11 Å². The highest BCUT2D eigenvalue weighted by Crippen LogP contribution is 2.26. The van der Waals surface area contributed by atoms with Gasteiger partial charge >= 0.3 is 0 Å². The van der Waals surface area contributed by atoms with Crippen molar-refractivity contribution in [2.24, 2.45) is 4.99 Å². The van der Waals surface area contributed by atoms with Gasteiger partial charge in [0.1, 0.15) is 5.75 Å². The number of hydrogen-bond donors (Lipinski definition) is 1. The van der Waals surface area contributed by atoms with Crippen LogP contribution >= 0.6 is 11.6 Å². The van der Waals surface area contributed by atoms with E-state index < -0.39 is 0 Å². The van der Waals surface area contributed by atoms with Crippen LogP contribution in [0, 0.1) is 13.8 Å². The van der Waals surface area contributed by atoms with Crippen molar-refractivity contribution >= 4 is 23.5 Å². The first-order valence-corrected chi connectivity index (χ1v) is 6.05. The van der Waals surface area contributed by atoms with E-state index in [-0.39, 0.29) is 5.75 Å². The summed E-state index contributed by atoms with van der Waals surface area (Å²) in [5, 5.41) is 10.6. The van der Waals surface area contributed by atoms with Crippen molar-refractivity contribution < 1.29 is 5.11 Å². The Morgan fingerprint density at radius 1 is 1.11 bits per heavy atom. The van der Waals surface area contributed by atoms with Crippen molar-refractivity contribution in [3.8, 4) is 5.75 Å². The molecule has 0 saturated heterocycles. The summed E-state index contributed by atoms with van der Waals surface area (Å²) < 4.78 is 0. The van der Waals surface area contributed by atoms with E-state index >= 15 is 0 Å². The average molecular weight is 260 g/mol. The third kappa shape index (κ3) is 2.54. The summed E-state index contributed by atoms with van der Waals surface area (Å²) in [5.74, 6) is 0.265. The van der Waals surface area contributed by atoms with E-state index in [1.807, 2.05) is 50.2 Å². The quantitative estimate of drug-likeness (QED) is 0.796. The second-order valence-corrected chi connectivity index (χ2v) is 4.56. The highest BCUT2D eigenvalue weighted by Gasteiger charge is 2.02. The van der Waals surface area contributed by atoms with Gasteiger partial charge in [-0.2, -0.15) is 0 Å². The molecule has 0 radical (unpaired) electrons. The molecule has 2 aromatic carbocycles. The molecule has 0 aliphatic heterocycles. The van der Waals surface area contributed by atoms with Crippen LogP contribution in [-0.4, -0.2) is 11.3 Å². The lowest BCUT2D eigenvalue weighted by Gasteiger charge is -2.03. The lowest BCUT2D eigenvalue weighted by molar-refractivity contribution is 0.470.